The van der Waals surface area contributed by atoms with Gasteiger partial charge in [-0.05, 0) is 12.1 Å². The van der Waals surface area contributed by atoms with Crippen LogP contribution in [0.3, 0.4) is 0 Å². The maximum absolute atomic E-state index is 8.67. The van der Waals surface area contributed by atoms with E-state index in [0.717, 1.165) is 22.7 Å². The third-order valence-electron chi connectivity index (χ3n) is 2.03. The molecule has 2 rings (SSSR count). The molecule has 4 nitrogen and oxygen atoms in total. The molecule has 2 heterocycles. The van der Waals surface area contributed by atoms with Crippen LogP contribution in [0.15, 0.2) is 30.0 Å². The van der Waals surface area contributed by atoms with E-state index in [2.05, 4.69) is 21.4 Å². The Balaban J connectivity index is 1.83. The fourth-order valence-corrected chi connectivity index (χ4v) is 2.05. The standard InChI is InChI=1S/C11H10N4S/c12-4-9-3-11(16-7-9)6-14-5-10-1-2-13-8-15-10/h1-3,7-8,14H,5-6H2. The summed E-state index contributed by atoms with van der Waals surface area (Å²) >= 11 is 1.59. The molecular formula is C11H10N4S. The lowest BCUT2D eigenvalue weighted by Crippen LogP contribution is -2.12. The van der Waals surface area contributed by atoms with Gasteiger partial charge < -0.3 is 5.32 Å². The summed E-state index contributed by atoms with van der Waals surface area (Å²) < 4.78 is 0. The summed E-state index contributed by atoms with van der Waals surface area (Å²) in [6.07, 6.45) is 3.26. The van der Waals surface area contributed by atoms with E-state index in [4.69, 9.17) is 5.26 Å². The van der Waals surface area contributed by atoms with E-state index >= 15 is 0 Å². The summed E-state index contributed by atoms with van der Waals surface area (Å²) in [6, 6.07) is 5.90. The minimum atomic E-state index is 0.711. The average molecular weight is 230 g/mol. The maximum atomic E-state index is 8.67. The van der Waals surface area contributed by atoms with E-state index in [-0.39, 0.29) is 0 Å². The first-order valence-electron chi connectivity index (χ1n) is 4.81. The highest BCUT2D eigenvalue weighted by Gasteiger charge is 1.99. The molecule has 0 aliphatic rings. The Labute approximate surface area is 97.6 Å². The van der Waals surface area contributed by atoms with Crippen LogP contribution in [0.4, 0.5) is 0 Å². The molecule has 0 saturated heterocycles. The lowest BCUT2D eigenvalue weighted by atomic mass is 10.3. The van der Waals surface area contributed by atoms with E-state index in [0.29, 0.717) is 6.54 Å². The molecule has 0 bridgehead atoms. The smallest absolute Gasteiger partial charge is 0.115 e. The van der Waals surface area contributed by atoms with Gasteiger partial charge >= 0.3 is 0 Å². The van der Waals surface area contributed by atoms with Crippen molar-refractivity contribution in [2.45, 2.75) is 13.1 Å². The summed E-state index contributed by atoms with van der Waals surface area (Å²) in [4.78, 5) is 9.12. The highest BCUT2D eigenvalue weighted by atomic mass is 32.1. The van der Waals surface area contributed by atoms with Gasteiger partial charge in [0.05, 0.1) is 11.3 Å². The number of hydrogen-bond acceptors (Lipinski definition) is 5. The van der Waals surface area contributed by atoms with Gasteiger partial charge in [0.2, 0.25) is 0 Å². The second-order valence-electron chi connectivity index (χ2n) is 3.22. The number of thiophene rings is 1. The molecule has 0 saturated carbocycles. The SMILES string of the molecule is N#Cc1csc(CNCc2ccncn2)c1. The Morgan fingerprint density at radius 3 is 3.06 bits per heavy atom. The molecule has 0 radical (unpaired) electrons. The van der Waals surface area contributed by atoms with Gasteiger partial charge in [-0.15, -0.1) is 11.3 Å². The molecule has 0 spiro atoms. The molecule has 0 aliphatic carbocycles. The number of nitriles is 1. The minimum Gasteiger partial charge on any atom is -0.306 e. The summed E-state index contributed by atoms with van der Waals surface area (Å²) in [5.41, 5.74) is 1.69. The lowest BCUT2D eigenvalue weighted by molar-refractivity contribution is 0.684. The van der Waals surface area contributed by atoms with Crippen LogP contribution in [-0.2, 0) is 13.1 Å². The van der Waals surface area contributed by atoms with Crippen LogP contribution in [-0.4, -0.2) is 9.97 Å². The Morgan fingerprint density at radius 1 is 1.44 bits per heavy atom. The van der Waals surface area contributed by atoms with Crippen molar-refractivity contribution in [3.63, 3.8) is 0 Å². The van der Waals surface area contributed by atoms with Crippen molar-refractivity contribution in [2.24, 2.45) is 0 Å². The normalized spacial score (nSPS) is 9.94. The van der Waals surface area contributed by atoms with E-state index in [1.54, 1.807) is 17.5 Å². The van der Waals surface area contributed by atoms with Gasteiger partial charge in [0.15, 0.2) is 0 Å². The molecule has 5 heteroatoms. The zero-order valence-electron chi connectivity index (χ0n) is 8.55. The third-order valence-corrected chi connectivity index (χ3v) is 2.97. The molecule has 0 unspecified atom stereocenters. The molecule has 2 aromatic rings. The number of rotatable bonds is 4. The Kier molecular flexibility index (Phi) is 3.59. The number of hydrogen-bond donors (Lipinski definition) is 1. The summed E-state index contributed by atoms with van der Waals surface area (Å²) in [5.74, 6) is 0. The van der Waals surface area contributed by atoms with Crippen LogP contribution < -0.4 is 5.32 Å². The van der Waals surface area contributed by atoms with Crippen LogP contribution in [0.5, 0.6) is 0 Å². The molecule has 0 aromatic carbocycles. The van der Waals surface area contributed by atoms with Crippen molar-refractivity contribution in [3.05, 3.63) is 46.2 Å². The van der Waals surface area contributed by atoms with Crippen molar-refractivity contribution < 1.29 is 0 Å². The zero-order valence-corrected chi connectivity index (χ0v) is 9.37. The Bertz CT molecular complexity index is 486. The molecule has 0 atom stereocenters. The molecule has 2 aromatic heterocycles. The minimum absolute atomic E-state index is 0.711. The highest BCUT2D eigenvalue weighted by molar-refractivity contribution is 7.10. The second-order valence-corrected chi connectivity index (χ2v) is 4.21. The molecule has 0 fully saturated rings. The van der Waals surface area contributed by atoms with Crippen LogP contribution in [0, 0.1) is 11.3 Å². The fraction of sp³-hybridized carbons (Fsp3) is 0.182. The average Bonchev–Trinajstić information content (AvgIpc) is 2.78. The lowest BCUT2D eigenvalue weighted by Gasteiger charge is -2.01. The van der Waals surface area contributed by atoms with E-state index in [9.17, 15) is 0 Å². The van der Waals surface area contributed by atoms with Gasteiger partial charge in [0.1, 0.15) is 12.4 Å². The first-order chi connectivity index (χ1) is 7.88. The molecule has 0 amide bonds. The molecular weight excluding hydrogens is 220 g/mol. The second kappa shape index (κ2) is 5.35. The maximum Gasteiger partial charge on any atom is 0.115 e. The van der Waals surface area contributed by atoms with E-state index in [1.165, 1.54) is 6.33 Å². The van der Waals surface area contributed by atoms with Crippen LogP contribution >= 0.6 is 11.3 Å². The van der Waals surface area contributed by atoms with Crippen molar-refractivity contribution in [3.8, 4) is 6.07 Å². The molecule has 0 aliphatic heterocycles. The zero-order chi connectivity index (χ0) is 11.2. The first-order valence-corrected chi connectivity index (χ1v) is 5.69. The third kappa shape index (κ3) is 2.86. The topological polar surface area (TPSA) is 61.6 Å². The Hall–Kier alpha value is -1.77. The molecule has 1 N–H and O–H groups in total. The van der Waals surface area contributed by atoms with Gasteiger partial charge in [-0.1, -0.05) is 0 Å². The fourth-order valence-electron chi connectivity index (χ4n) is 1.27. The van der Waals surface area contributed by atoms with Crippen LogP contribution in [0.25, 0.3) is 0 Å². The highest BCUT2D eigenvalue weighted by Crippen LogP contribution is 2.13. The van der Waals surface area contributed by atoms with Crippen LogP contribution in [0.2, 0.25) is 0 Å². The van der Waals surface area contributed by atoms with Crippen LogP contribution in [0.1, 0.15) is 16.1 Å². The number of nitrogens with one attached hydrogen (secondary N) is 1. The van der Waals surface area contributed by atoms with Gasteiger partial charge in [0.25, 0.3) is 0 Å². The van der Waals surface area contributed by atoms with Crippen molar-refractivity contribution in [1.29, 1.82) is 5.26 Å². The summed E-state index contributed by atoms with van der Waals surface area (Å²) in [7, 11) is 0. The Morgan fingerprint density at radius 2 is 2.38 bits per heavy atom. The largest absolute Gasteiger partial charge is 0.306 e. The quantitative estimate of drug-likeness (QED) is 0.868. The van der Waals surface area contributed by atoms with Crippen molar-refractivity contribution in [2.75, 3.05) is 0 Å². The molecule has 16 heavy (non-hydrogen) atoms. The van der Waals surface area contributed by atoms with E-state index < -0.39 is 0 Å². The first kappa shape index (κ1) is 10.7. The number of aromatic nitrogens is 2. The number of nitrogens with zero attached hydrogens (tertiary/aromatic N) is 3. The van der Waals surface area contributed by atoms with Gasteiger partial charge in [-0.2, -0.15) is 5.26 Å². The van der Waals surface area contributed by atoms with Gasteiger partial charge in [-0.3, -0.25) is 0 Å². The predicted octanol–water partition coefficient (Wildman–Crippen LogP) is 1.70. The van der Waals surface area contributed by atoms with Gasteiger partial charge in [-0.25, -0.2) is 9.97 Å². The monoisotopic (exact) mass is 230 g/mol. The van der Waals surface area contributed by atoms with Crippen molar-refractivity contribution >= 4 is 11.3 Å². The molecule has 80 valence electrons. The summed E-state index contributed by atoms with van der Waals surface area (Å²) in [6.45, 7) is 1.47. The summed E-state index contributed by atoms with van der Waals surface area (Å²) in [5, 5.41) is 13.8. The van der Waals surface area contributed by atoms with Gasteiger partial charge in [0, 0.05) is 29.5 Å². The predicted molar refractivity (Wildman–Crippen MR) is 61.6 cm³/mol. The van der Waals surface area contributed by atoms with E-state index in [1.807, 2.05) is 17.5 Å². The van der Waals surface area contributed by atoms with Crippen molar-refractivity contribution in [1.82, 2.24) is 15.3 Å².